The molecule has 0 saturated heterocycles. The Balaban J connectivity index is 0. The number of hydrogen-bond acceptors (Lipinski definition) is 0. The number of rotatable bonds is 0. The van der Waals surface area contributed by atoms with Crippen molar-refractivity contribution in [2.24, 2.45) is 0 Å². The summed E-state index contributed by atoms with van der Waals surface area (Å²) >= 11 is 0. The Morgan fingerprint density at radius 2 is 0.800 bits per heavy atom. The fraction of sp³-hybridized carbons (Fsp3) is 0. The molecular formula is BCdFe2Nd. The van der Waals surface area contributed by atoms with Gasteiger partial charge in [-0.1, -0.05) is 0 Å². The fourth-order valence-corrected chi connectivity index (χ4v) is 0. The average molecular weight is 379 g/mol. The molecule has 0 aromatic carbocycles. The van der Waals surface area contributed by atoms with Crippen molar-refractivity contribution in [1.82, 2.24) is 0 Å². The van der Waals surface area contributed by atoms with E-state index in [2.05, 4.69) is 0 Å². The van der Waals surface area contributed by atoms with Crippen molar-refractivity contribution in [2.75, 3.05) is 0 Å². The van der Waals surface area contributed by atoms with Crippen LogP contribution in [0, 0.1) is 40.8 Å². The fourth-order valence-electron chi connectivity index (χ4n) is 0. The maximum atomic E-state index is 0. The van der Waals surface area contributed by atoms with E-state index in [1.54, 1.807) is 0 Å². The zero-order valence-corrected chi connectivity index (χ0v) is 11.9. The largest absolute Gasteiger partial charge is 0 e. The van der Waals surface area contributed by atoms with Crippen LogP contribution in [-0.4, -0.2) is 8.41 Å². The van der Waals surface area contributed by atoms with Gasteiger partial charge in [0.2, 0.25) is 0 Å². The van der Waals surface area contributed by atoms with E-state index in [1.165, 1.54) is 0 Å². The van der Waals surface area contributed by atoms with Crippen LogP contribution in [0.1, 0.15) is 0 Å². The summed E-state index contributed by atoms with van der Waals surface area (Å²) in [5, 5.41) is 0. The second-order valence-corrected chi connectivity index (χ2v) is 0. The normalized spacial score (nSPS) is 0. The van der Waals surface area contributed by atoms with E-state index in [0.717, 1.165) is 0 Å². The third-order valence-electron chi connectivity index (χ3n) is 0. The first kappa shape index (κ1) is 40.0. The maximum absolute atomic E-state index is 0. The summed E-state index contributed by atoms with van der Waals surface area (Å²) in [6.07, 6.45) is 0. The molecule has 0 saturated carbocycles. The maximum Gasteiger partial charge on any atom is 0 e. The van der Waals surface area contributed by atoms with Gasteiger partial charge in [-0.15, -0.1) is 0 Å². The molecule has 0 fully saturated rings. The molecule has 0 rings (SSSR count). The average Bonchev–Trinajstić information content (AvgIpc) is 0. The zero-order chi connectivity index (χ0) is 0. The van der Waals surface area contributed by atoms with Crippen molar-refractivity contribution in [1.29, 1.82) is 0 Å². The monoisotopic (exact) mass is 379 g/mol. The van der Waals surface area contributed by atoms with Crippen molar-refractivity contribution in [3.8, 4) is 0 Å². The van der Waals surface area contributed by atoms with Gasteiger partial charge in [-0.3, -0.25) is 0 Å². The van der Waals surface area contributed by atoms with Crippen LogP contribution in [0.15, 0.2) is 0 Å². The Hall–Kier alpha value is 3.38. The topological polar surface area (TPSA) is 0 Å². The van der Waals surface area contributed by atoms with E-state index < -0.39 is 0 Å². The van der Waals surface area contributed by atoms with E-state index >= 15 is 0 Å². The van der Waals surface area contributed by atoms with Crippen molar-refractivity contribution in [3.05, 3.63) is 0 Å². The Kier molecular flexibility index (Phi) is 210. The van der Waals surface area contributed by atoms with Crippen molar-refractivity contribution < 1.29 is 102 Å². The van der Waals surface area contributed by atoms with Crippen molar-refractivity contribution >= 4 is 8.41 Å². The van der Waals surface area contributed by atoms with Gasteiger partial charge >= 0.3 is 0 Å². The Morgan fingerprint density at radius 3 is 0.800 bits per heavy atom. The molecule has 0 amide bonds. The van der Waals surface area contributed by atoms with Crippen LogP contribution < -0.4 is 0 Å². The van der Waals surface area contributed by atoms with Crippen LogP contribution in [0.2, 0.25) is 0 Å². The van der Waals surface area contributed by atoms with E-state index in [9.17, 15) is 0 Å². The molecule has 5 heteroatoms. The van der Waals surface area contributed by atoms with Crippen molar-refractivity contribution in [2.45, 2.75) is 0 Å². The van der Waals surface area contributed by atoms with E-state index in [1.807, 2.05) is 0 Å². The van der Waals surface area contributed by atoms with Crippen LogP contribution in [-0.2, 0) is 61.4 Å². The quantitative estimate of drug-likeness (QED) is 0.504. The standard InChI is InChI=1S/B.Cd.2Fe.Nd. The molecule has 0 heterocycles. The first-order valence-electron chi connectivity index (χ1n) is 0. The minimum atomic E-state index is 0. The predicted octanol–water partition coefficient (Wildman–Crippen LogP) is -0.388. The third kappa shape index (κ3) is 18.7. The summed E-state index contributed by atoms with van der Waals surface area (Å²) in [6.45, 7) is 0. The van der Waals surface area contributed by atoms with Crippen LogP contribution in [0.5, 0.6) is 0 Å². The van der Waals surface area contributed by atoms with Gasteiger partial charge in [-0.05, 0) is 0 Å². The first-order valence-corrected chi connectivity index (χ1v) is 0. The Bertz CT molecular complexity index is 9.61. The van der Waals surface area contributed by atoms with Gasteiger partial charge in [-0.25, -0.2) is 0 Å². The number of hydrogen-bond donors (Lipinski definition) is 0. The molecule has 3 radical (unpaired) electrons. The molecule has 0 aliphatic heterocycles. The molecule has 0 aliphatic rings. The van der Waals surface area contributed by atoms with Gasteiger partial charge in [0, 0.05) is 111 Å². The van der Waals surface area contributed by atoms with E-state index in [4.69, 9.17) is 0 Å². The predicted molar refractivity (Wildman–Crippen MR) is 5.75 cm³/mol. The molecule has 0 unspecified atom stereocenters. The van der Waals surface area contributed by atoms with Gasteiger partial charge in [0.05, 0.1) is 0 Å². The summed E-state index contributed by atoms with van der Waals surface area (Å²) in [5.74, 6) is 0. The molecule has 0 spiro atoms. The van der Waals surface area contributed by atoms with Gasteiger partial charge in [0.25, 0.3) is 0 Å². The second kappa shape index (κ2) is 26.3. The van der Waals surface area contributed by atoms with Crippen LogP contribution in [0.25, 0.3) is 0 Å². The summed E-state index contributed by atoms with van der Waals surface area (Å²) in [5.41, 5.74) is 0. The van der Waals surface area contributed by atoms with Crippen LogP contribution in [0.4, 0.5) is 0 Å². The van der Waals surface area contributed by atoms with Gasteiger partial charge in [0.1, 0.15) is 0 Å². The molecule has 0 N–H and O–H groups in total. The summed E-state index contributed by atoms with van der Waals surface area (Å²) in [6, 6.07) is 0. The minimum absolute atomic E-state index is 0. The molecular weight excluding hydrogens is 379 g/mol. The van der Waals surface area contributed by atoms with Gasteiger partial charge in [0.15, 0.2) is 0 Å². The van der Waals surface area contributed by atoms with Gasteiger partial charge in [-0.2, -0.15) is 0 Å². The molecule has 5 heavy (non-hydrogen) atoms. The molecule has 0 aliphatic carbocycles. The third-order valence-corrected chi connectivity index (χ3v) is 0. The summed E-state index contributed by atoms with van der Waals surface area (Å²) < 4.78 is 0. The van der Waals surface area contributed by atoms with Crippen molar-refractivity contribution in [3.63, 3.8) is 0 Å². The van der Waals surface area contributed by atoms with E-state index in [-0.39, 0.29) is 111 Å². The van der Waals surface area contributed by atoms with Crippen LogP contribution in [0.3, 0.4) is 0 Å². The summed E-state index contributed by atoms with van der Waals surface area (Å²) in [7, 11) is 0. The smallest absolute Gasteiger partial charge is 0 e. The molecule has 0 nitrogen and oxygen atoms in total. The molecule has 25 valence electrons. The molecule has 0 aromatic rings. The van der Waals surface area contributed by atoms with Gasteiger partial charge < -0.3 is 0 Å². The SMILES string of the molecule is [B].[Cd].[Fe].[Fe].[Nd]. The first-order chi connectivity index (χ1) is 0. The van der Waals surface area contributed by atoms with Crippen LogP contribution >= 0.6 is 0 Å². The molecule has 0 bridgehead atoms. The second-order valence-electron chi connectivity index (χ2n) is 0. The zero-order valence-electron chi connectivity index (χ0n) is 2.49. The Labute approximate surface area is 108 Å². The molecule has 0 aromatic heterocycles. The Morgan fingerprint density at radius 1 is 0.800 bits per heavy atom. The summed E-state index contributed by atoms with van der Waals surface area (Å²) in [4.78, 5) is 0. The minimum Gasteiger partial charge on any atom is 0 e. The van der Waals surface area contributed by atoms with E-state index in [0.29, 0.717) is 0 Å². The molecule has 0 atom stereocenters.